The molecule has 0 atom stereocenters. The maximum absolute atomic E-state index is 13.2. The normalized spacial score (nSPS) is 12.9. The molecule has 250 valence electrons. The Balaban J connectivity index is 2.05. The first-order valence-electron chi connectivity index (χ1n) is 12.5. The molecule has 1 amide bonds. The van der Waals surface area contributed by atoms with Crippen molar-refractivity contribution in [3.63, 3.8) is 0 Å². The Hall–Kier alpha value is -4.39. The van der Waals surface area contributed by atoms with E-state index in [1.54, 1.807) is 7.05 Å². The minimum Gasteiger partial charge on any atom is -0.505 e. The smallest absolute Gasteiger partial charge is 0.296 e. The highest BCUT2D eigenvalue weighted by Gasteiger charge is 2.27. The molecule has 0 unspecified atom stereocenters. The van der Waals surface area contributed by atoms with Crippen LogP contribution in [-0.2, 0) is 47.0 Å². The number of azo groups is 1. The fraction of sp³-hybridized carbons (Fsp3) is 0.0800. The van der Waals surface area contributed by atoms with Crippen molar-refractivity contribution in [2.24, 2.45) is 10.2 Å². The van der Waals surface area contributed by atoms with Gasteiger partial charge in [-0.25, -0.2) is 0 Å². The highest BCUT2D eigenvalue weighted by atomic mass is 32.2. The first-order valence-corrected chi connectivity index (χ1v) is 18.2. The Morgan fingerprint density at radius 3 is 1.91 bits per heavy atom. The summed E-state index contributed by atoms with van der Waals surface area (Å²) in [5.74, 6) is -2.49. The summed E-state index contributed by atoms with van der Waals surface area (Å²) in [6.45, 7) is 0.172. The van der Waals surface area contributed by atoms with Crippen LogP contribution in [0, 0.1) is 0 Å². The van der Waals surface area contributed by atoms with E-state index in [4.69, 9.17) is 0 Å². The van der Waals surface area contributed by atoms with E-state index in [9.17, 15) is 61.8 Å². The number of aromatic hydroxyl groups is 1. The lowest BCUT2D eigenvalue weighted by molar-refractivity contribution is 0.102. The number of amides is 1. The number of rotatable bonds is 10. The molecule has 0 aliphatic heterocycles. The fourth-order valence-electron chi connectivity index (χ4n) is 4.35. The quantitative estimate of drug-likeness (QED) is 0.0911. The average molecular weight is 731 g/mol. The number of hydrogen-bond acceptors (Lipinski definition) is 13. The lowest BCUT2D eigenvalue weighted by Crippen LogP contribution is -2.17. The van der Waals surface area contributed by atoms with Crippen molar-refractivity contribution in [2.45, 2.75) is 26.1 Å². The van der Waals surface area contributed by atoms with Crippen LogP contribution in [0.15, 0.2) is 90.5 Å². The summed E-state index contributed by atoms with van der Waals surface area (Å²) in [6.07, 6.45) is 0. The molecule has 4 aromatic rings. The average Bonchev–Trinajstić information content (AvgIpc) is 2.94. The van der Waals surface area contributed by atoms with E-state index in [2.05, 4.69) is 20.9 Å². The summed E-state index contributed by atoms with van der Waals surface area (Å²) in [5, 5.41) is 22.3. The van der Waals surface area contributed by atoms with E-state index in [0.29, 0.717) is 23.8 Å². The molecule has 4 rings (SSSR count). The molecule has 7 N–H and O–H groups in total. The van der Waals surface area contributed by atoms with Gasteiger partial charge >= 0.3 is 0 Å². The minimum absolute atomic E-state index is 0.172. The zero-order chi connectivity index (χ0) is 35.1. The number of hydrogen-bond donors (Lipinski definition) is 7. The standard InChI is InChI=1S/C25H22N4O14S4/c1-26-12-13-6-7-20(46(38,39)40)17(8-13)28-29-23-21(47(41,42)43)10-14-9-15(44(32,33)34)11-18(22(14)24(23)30)27-25(31)16-4-2-3-5-19(16)45(35,36)37/h2-11,26,30H,12H2,1H3,(H,27,31)(H,32,33,34)(H,35,36,37)(H,38,39,40)(H,41,42,43). The maximum atomic E-state index is 13.2. The summed E-state index contributed by atoms with van der Waals surface area (Å²) in [5.41, 5.74) is -2.53. The zero-order valence-electron chi connectivity index (χ0n) is 23.4. The second-order valence-corrected chi connectivity index (χ2v) is 15.1. The van der Waals surface area contributed by atoms with Crippen molar-refractivity contribution in [1.82, 2.24) is 5.32 Å². The van der Waals surface area contributed by atoms with Gasteiger partial charge in [0.25, 0.3) is 46.4 Å². The lowest BCUT2D eigenvalue weighted by atomic mass is 10.1. The van der Waals surface area contributed by atoms with Crippen molar-refractivity contribution in [2.75, 3.05) is 12.4 Å². The molecule has 0 heterocycles. The van der Waals surface area contributed by atoms with Crippen LogP contribution in [0.5, 0.6) is 5.75 Å². The van der Waals surface area contributed by atoms with E-state index in [1.165, 1.54) is 18.2 Å². The Morgan fingerprint density at radius 1 is 0.723 bits per heavy atom. The number of phenolic OH excluding ortho intramolecular Hbond substituents is 1. The van der Waals surface area contributed by atoms with Crippen LogP contribution in [0.1, 0.15) is 15.9 Å². The van der Waals surface area contributed by atoms with E-state index in [0.717, 1.165) is 24.3 Å². The number of fused-ring (bicyclic) bond motifs is 1. The van der Waals surface area contributed by atoms with Crippen molar-refractivity contribution in [3.05, 3.63) is 71.8 Å². The van der Waals surface area contributed by atoms with Crippen LogP contribution in [0.25, 0.3) is 10.8 Å². The molecule has 18 nitrogen and oxygen atoms in total. The third-order valence-electron chi connectivity index (χ3n) is 6.30. The topological polar surface area (TPSA) is 304 Å². The Bertz CT molecular complexity index is 2430. The van der Waals surface area contributed by atoms with Gasteiger partial charge in [-0.3, -0.25) is 23.0 Å². The summed E-state index contributed by atoms with van der Waals surface area (Å²) >= 11 is 0. The third kappa shape index (κ3) is 7.78. The van der Waals surface area contributed by atoms with Gasteiger partial charge in [0.15, 0.2) is 5.75 Å². The van der Waals surface area contributed by atoms with Gasteiger partial charge in [-0.05, 0) is 60.5 Å². The highest BCUT2D eigenvalue weighted by molar-refractivity contribution is 7.86. The highest BCUT2D eigenvalue weighted by Crippen LogP contribution is 2.45. The van der Waals surface area contributed by atoms with Crippen LogP contribution < -0.4 is 10.6 Å². The van der Waals surface area contributed by atoms with Gasteiger partial charge in [0.2, 0.25) is 0 Å². The molecule has 0 bridgehead atoms. The van der Waals surface area contributed by atoms with E-state index < -0.39 is 105 Å². The van der Waals surface area contributed by atoms with Gasteiger partial charge in [-0.2, -0.15) is 33.7 Å². The maximum Gasteiger partial charge on any atom is 0.296 e. The van der Waals surface area contributed by atoms with Crippen LogP contribution in [0.3, 0.4) is 0 Å². The van der Waals surface area contributed by atoms with Crippen LogP contribution in [0.2, 0.25) is 0 Å². The first kappa shape index (κ1) is 35.5. The molecular formula is C25H22N4O14S4. The molecule has 0 saturated carbocycles. The van der Waals surface area contributed by atoms with Gasteiger partial charge in [-0.15, -0.1) is 10.2 Å². The molecule has 0 radical (unpaired) electrons. The van der Waals surface area contributed by atoms with Gasteiger partial charge in [-0.1, -0.05) is 18.2 Å². The minimum atomic E-state index is -5.34. The number of carbonyl (C=O) groups excluding carboxylic acids is 1. The van der Waals surface area contributed by atoms with Crippen molar-refractivity contribution < 1.29 is 61.8 Å². The van der Waals surface area contributed by atoms with Crippen molar-refractivity contribution in [1.29, 1.82) is 0 Å². The summed E-state index contributed by atoms with van der Waals surface area (Å²) in [6, 6.07) is 9.51. The molecule has 0 saturated heterocycles. The number of benzene rings is 4. The molecule has 22 heteroatoms. The van der Waals surface area contributed by atoms with Gasteiger partial charge in [0, 0.05) is 11.9 Å². The summed E-state index contributed by atoms with van der Waals surface area (Å²) in [4.78, 5) is 9.39. The number of anilines is 1. The van der Waals surface area contributed by atoms with Gasteiger partial charge in [0.1, 0.15) is 26.1 Å². The van der Waals surface area contributed by atoms with Gasteiger partial charge in [0.05, 0.1) is 16.1 Å². The Labute approximate surface area is 266 Å². The Kier molecular flexibility index (Phi) is 9.56. The largest absolute Gasteiger partial charge is 0.505 e. The third-order valence-corrected chi connectivity index (χ3v) is 9.81. The van der Waals surface area contributed by atoms with E-state index in [1.807, 2.05) is 0 Å². The SMILES string of the molecule is CNCc1ccc(S(=O)(=O)O)c(N=Nc2c(S(=O)(=O)O)cc3cc(S(=O)(=O)O)cc(NC(=O)c4ccccc4S(=O)(=O)O)c3c2O)c1. The van der Waals surface area contributed by atoms with Gasteiger partial charge < -0.3 is 15.7 Å². The Morgan fingerprint density at radius 2 is 1.34 bits per heavy atom. The predicted molar refractivity (Wildman–Crippen MR) is 163 cm³/mol. The summed E-state index contributed by atoms with van der Waals surface area (Å²) in [7, 11) is -18.8. The molecule has 0 aliphatic carbocycles. The fourth-order valence-corrected chi connectivity index (χ4v) is 6.84. The van der Waals surface area contributed by atoms with Crippen LogP contribution >= 0.6 is 0 Å². The molecule has 0 aliphatic rings. The zero-order valence-corrected chi connectivity index (χ0v) is 26.7. The second-order valence-electron chi connectivity index (χ2n) is 9.52. The summed E-state index contributed by atoms with van der Waals surface area (Å²) < 4.78 is 135. The molecule has 47 heavy (non-hydrogen) atoms. The van der Waals surface area contributed by atoms with E-state index in [-0.39, 0.29) is 6.54 Å². The van der Waals surface area contributed by atoms with Crippen LogP contribution in [0.4, 0.5) is 17.1 Å². The molecule has 0 aromatic heterocycles. The number of nitrogens with one attached hydrogen (secondary N) is 2. The predicted octanol–water partition coefficient (Wildman–Crippen LogP) is 2.92. The number of phenols is 1. The molecular weight excluding hydrogens is 709 g/mol. The van der Waals surface area contributed by atoms with E-state index >= 15 is 0 Å². The molecule has 0 spiro atoms. The first-order chi connectivity index (χ1) is 21.6. The van der Waals surface area contributed by atoms with Crippen molar-refractivity contribution in [3.8, 4) is 5.75 Å². The molecule has 0 fully saturated rings. The lowest BCUT2D eigenvalue weighted by Gasteiger charge is -2.15. The second kappa shape index (κ2) is 12.7. The number of nitrogens with zero attached hydrogens (tertiary/aromatic N) is 2. The van der Waals surface area contributed by atoms with Crippen LogP contribution in [-0.4, -0.2) is 69.9 Å². The monoisotopic (exact) mass is 730 g/mol. The van der Waals surface area contributed by atoms with Crippen molar-refractivity contribution >= 4 is 74.2 Å². The molecule has 4 aromatic carbocycles. The number of carbonyl (C=O) groups is 1.